The molecule has 5 heteroatoms. The topological polar surface area (TPSA) is 75.3 Å². The average Bonchev–Trinajstić information content (AvgIpc) is 2.32. The predicted molar refractivity (Wildman–Crippen MR) is 67.9 cm³/mol. The van der Waals surface area contributed by atoms with Gasteiger partial charge in [0.15, 0.2) is 0 Å². The molecule has 0 unspecified atom stereocenters. The average molecular weight is 246 g/mol. The van der Waals surface area contributed by atoms with E-state index in [2.05, 4.69) is 5.32 Å². The third-order valence-corrected chi connectivity index (χ3v) is 2.48. The molecule has 2 aromatic rings. The molecule has 1 amide bonds. The zero-order valence-electron chi connectivity index (χ0n) is 9.35. The van der Waals surface area contributed by atoms with Crippen LogP contribution in [-0.2, 0) is 0 Å². The first-order chi connectivity index (χ1) is 8.58. The van der Waals surface area contributed by atoms with Gasteiger partial charge in [-0.15, -0.1) is 0 Å². The van der Waals surface area contributed by atoms with Crippen molar-refractivity contribution in [3.8, 4) is 11.1 Å². The van der Waals surface area contributed by atoms with Crippen LogP contribution in [0.15, 0.2) is 42.5 Å². The third-order valence-electron chi connectivity index (χ3n) is 2.48. The summed E-state index contributed by atoms with van der Waals surface area (Å²) in [4.78, 5) is 10.5. The van der Waals surface area contributed by atoms with Crippen molar-refractivity contribution in [1.29, 1.82) is 0 Å². The van der Waals surface area contributed by atoms with Gasteiger partial charge in [0.1, 0.15) is 5.82 Å². The molecule has 0 atom stereocenters. The van der Waals surface area contributed by atoms with E-state index in [-0.39, 0.29) is 17.2 Å². The molecule has 0 heterocycles. The zero-order valence-corrected chi connectivity index (χ0v) is 9.35. The van der Waals surface area contributed by atoms with Crippen molar-refractivity contribution in [2.45, 2.75) is 0 Å². The van der Waals surface area contributed by atoms with Gasteiger partial charge in [0, 0.05) is 5.56 Å². The number of nitrogens with one attached hydrogen (secondary N) is 1. The maximum atomic E-state index is 13.6. The van der Waals surface area contributed by atoms with Crippen LogP contribution in [0.25, 0.3) is 11.1 Å². The molecule has 4 N–H and O–H groups in total. The SMILES string of the molecule is Nc1cc(-c2ccccc2F)ccc1NC(=O)O. The lowest BCUT2D eigenvalue weighted by Gasteiger charge is -2.08. The van der Waals surface area contributed by atoms with Gasteiger partial charge in [0.2, 0.25) is 0 Å². The molecule has 0 spiro atoms. The maximum Gasteiger partial charge on any atom is 0.409 e. The number of amides is 1. The summed E-state index contributed by atoms with van der Waals surface area (Å²) in [6, 6.07) is 11.0. The number of halogens is 1. The largest absolute Gasteiger partial charge is 0.465 e. The predicted octanol–water partition coefficient (Wildman–Crippen LogP) is 3.16. The first-order valence-electron chi connectivity index (χ1n) is 5.22. The fourth-order valence-corrected chi connectivity index (χ4v) is 1.65. The Balaban J connectivity index is 2.40. The van der Waals surface area contributed by atoms with Crippen molar-refractivity contribution in [1.82, 2.24) is 0 Å². The molecular weight excluding hydrogens is 235 g/mol. The number of anilines is 2. The van der Waals surface area contributed by atoms with Crippen molar-refractivity contribution in [3.63, 3.8) is 0 Å². The fraction of sp³-hybridized carbons (Fsp3) is 0. The van der Waals surface area contributed by atoms with Crippen LogP contribution in [-0.4, -0.2) is 11.2 Å². The van der Waals surface area contributed by atoms with Crippen molar-refractivity contribution in [2.75, 3.05) is 11.1 Å². The van der Waals surface area contributed by atoms with Gasteiger partial charge >= 0.3 is 6.09 Å². The summed E-state index contributed by atoms with van der Waals surface area (Å²) in [7, 11) is 0. The Bertz CT molecular complexity index is 599. The molecule has 0 radical (unpaired) electrons. The van der Waals surface area contributed by atoms with E-state index in [1.165, 1.54) is 18.2 Å². The smallest absolute Gasteiger partial charge is 0.409 e. The van der Waals surface area contributed by atoms with Gasteiger partial charge in [-0.3, -0.25) is 5.32 Å². The molecule has 0 saturated carbocycles. The summed E-state index contributed by atoms with van der Waals surface area (Å²) < 4.78 is 13.6. The Hall–Kier alpha value is -2.56. The van der Waals surface area contributed by atoms with Gasteiger partial charge in [-0.2, -0.15) is 0 Å². The highest BCUT2D eigenvalue weighted by molar-refractivity contribution is 5.89. The molecule has 4 nitrogen and oxygen atoms in total. The summed E-state index contributed by atoms with van der Waals surface area (Å²) in [5, 5.41) is 10.8. The molecule has 18 heavy (non-hydrogen) atoms. The number of nitrogens with two attached hydrogens (primary N) is 1. The number of benzene rings is 2. The van der Waals surface area contributed by atoms with Crippen LogP contribution in [0.3, 0.4) is 0 Å². The van der Waals surface area contributed by atoms with Gasteiger partial charge in [-0.05, 0) is 23.8 Å². The van der Waals surface area contributed by atoms with Crippen molar-refractivity contribution in [2.24, 2.45) is 0 Å². The quantitative estimate of drug-likeness (QED) is 0.712. The third kappa shape index (κ3) is 2.40. The summed E-state index contributed by atoms with van der Waals surface area (Å²) in [5.74, 6) is -0.351. The molecule has 0 bridgehead atoms. The second kappa shape index (κ2) is 4.75. The van der Waals surface area contributed by atoms with Crippen LogP contribution in [0, 0.1) is 5.82 Å². The molecule has 0 fully saturated rings. The van der Waals surface area contributed by atoms with Crippen molar-refractivity contribution in [3.05, 3.63) is 48.3 Å². The number of rotatable bonds is 2. The number of carboxylic acid groups (broad SMARTS) is 1. The molecule has 0 aliphatic heterocycles. The summed E-state index contributed by atoms with van der Waals surface area (Å²) in [6.45, 7) is 0. The van der Waals surface area contributed by atoms with E-state index < -0.39 is 6.09 Å². The normalized spacial score (nSPS) is 10.1. The highest BCUT2D eigenvalue weighted by Crippen LogP contribution is 2.28. The van der Waals surface area contributed by atoms with Crippen LogP contribution in [0.4, 0.5) is 20.6 Å². The van der Waals surface area contributed by atoms with E-state index in [0.29, 0.717) is 11.1 Å². The van der Waals surface area contributed by atoms with Gasteiger partial charge < -0.3 is 10.8 Å². The van der Waals surface area contributed by atoms with Gasteiger partial charge in [0.25, 0.3) is 0 Å². The molecule has 2 rings (SSSR count). The van der Waals surface area contributed by atoms with E-state index in [9.17, 15) is 9.18 Å². The molecule has 0 aliphatic carbocycles. The van der Waals surface area contributed by atoms with Crippen LogP contribution in [0.5, 0.6) is 0 Å². The number of hydrogen-bond acceptors (Lipinski definition) is 2. The molecule has 0 aliphatic rings. The lowest BCUT2D eigenvalue weighted by atomic mass is 10.0. The Morgan fingerprint density at radius 2 is 1.94 bits per heavy atom. The Labute approximate surface area is 103 Å². The fourth-order valence-electron chi connectivity index (χ4n) is 1.65. The van der Waals surface area contributed by atoms with Crippen LogP contribution in [0.1, 0.15) is 0 Å². The van der Waals surface area contributed by atoms with E-state index in [0.717, 1.165) is 0 Å². The minimum absolute atomic E-state index is 0.248. The standard InChI is InChI=1S/C13H11FN2O2/c14-10-4-2-1-3-9(10)8-5-6-12(11(15)7-8)16-13(17)18/h1-7,16H,15H2,(H,17,18). The number of carbonyl (C=O) groups is 1. The van der Waals surface area contributed by atoms with Crippen LogP contribution in [0.2, 0.25) is 0 Å². The zero-order chi connectivity index (χ0) is 13.1. The first-order valence-corrected chi connectivity index (χ1v) is 5.22. The van der Waals surface area contributed by atoms with Gasteiger partial charge in [-0.25, -0.2) is 9.18 Å². The maximum absolute atomic E-state index is 13.6. The molecule has 2 aromatic carbocycles. The number of nitrogen functional groups attached to an aromatic ring is 1. The van der Waals surface area contributed by atoms with E-state index in [1.54, 1.807) is 24.3 Å². The summed E-state index contributed by atoms with van der Waals surface area (Å²) in [6.07, 6.45) is -1.19. The highest BCUT2D eigenvalue weighted by atomic mass is 19.1. The molecule has 0 aromatic heterocycles. The highest BCUT2D eigenvalue weighted by Gasteiger charge is 2.07. The second-order valence-electron chi connectivity index (χ2n) is 3.71. The summed E-state index contributed by atoms with van der Waals surface area (Å²) in [5.41, 5.74) is 7.26. The summed E-state index contributed by atoms with van der Waals surface area (Å²) >= 11 is 0. The lowest BCUT2D eigenvalue weighted by Crippen LogP contribution is -2.09. The van der Waals surface area contributed by atoms with Crippen molar-refractivity contribution < 1.29 is 14.3 Å². The minimum Gasteiger partial charge on any atom is -0.465 e. The molecule has 92 valence electrons. The second-order valence-corrected chi connectivity index (χ2v) is 3.71. The minimum atomic E-state index is -1.19. The van der Waals surface area contributed by atoms with Crippen LogP contribution >= 0.6 is 0 Å². The van der Waals surface area contributed by atoms with E-state index >= 15 is 0 Å². The Kier molecular flexibility index (Phi) is 3.14. The van der Waals surface area contributed by atoms with Crippen LogP contribution < -0.4 is 11.1 Å². The molecule has 0 saturated heterocycles. The van der Waals surface area contributed by atoms with Crippen molar-refractivity contribution >= 4 is 17.5 Å². The van der Waals surface area contributed by atoms with E-state index in [1.807, 2.05) is 0 Å². The molecular formula is C13H11FN2O2. The van der Waals surface area contributed by atoms with E-state index in [4.69, 9.17) is 10.8 Å². The van der Waals surface area contributed by atoms with Gasteiger partial charge in [-0.1, -0.05) is 24.3 Å². The Morgan fingerprint density at radius 1 is 1.22 bits per heavy atom. The Morgan fingerprint density at radius 3 is 2.56 bits per heavy atom. The lowest BCUT2D eigenvalue weighted by molar-refractivity contribution is 0.210. The number of hydrogen-bond donors (Lipinski definition) is 3. The first kappa shape index (κ1) is 11.9. The van der Waals surface area contributed by atoms with Gasteiger partial charge in [0.05, 0.1) is 11.4 Å². The monoisotopic (exact) mass is 246 g/mol.